The van der Waals surface area contributed by atoms with Gasteiger partial charge in [-0.1, -0.05) is 27.2 Å². The number of aryl methyl sites for hydroxylation is 1. The number of H-pyrrole nitrogens is 2. The van der Waals surface area contributed by atoms with Crippen molar-refractivity contribution < 1.29 is 9.59 Å². The van der Waals surface area contributed by atoms with Crippen LogP contribution in [0.1, 0.15) is 59.2 Å². The Hall–Kier alpha value is -4.98. The second kappa shape index (κ2) is 16.9. The van der Waals surface area contributed by atoms with Crippen molar-refractivity contribution in [3.05, 3.63) is 58.8 Å². The molecule has 0 bridgehead atoms. The van der Waals surface area contributed by atoms with Crippen LogP contribution in [0.4, 0.5) is 29.0 Å². The number of carbonyl (C=O) groups is 2. The first-order chi connectivity index (χ1) is 22.3. The maximum atomic E-state index is 12.9. The molecule has 14 nitrogen and oxygen atoms in total. The van der Waals surface area contributed by atoms with Crippen molar-refractivity contribution in [1.29, 1.82) is 0 Å². The van der Waals surface area contributed by atoms with E-state index in [4.69, 9.17) is 0 Å². The second-order valence-electron chi connectivity index (χ2n) is 10.9. The summed E-state index contributed by atoms with van der Waals surface area (Å²) in [5.41, 5.74) is 2.38. The van der Waals surface area contributed by atoms with Crippen LogP contribution in [0, 0.1) is 0 Å². The van der Waals surface area contributed by atoms with Gasteiger partial charge in [-0.15, -0.1) is 0 Å². The standard InChI is InChI=1S/C32H43N11O3/c1-5-8-18-33-30-38-27(11-9-10-19-43(6-2)7-3)39-31(40-30)35-22-12-14-23(15-13-22)41-42-28(21(4)44)29(45)34-24-16-17-25-26(20-24)37-32(46)36-25/h12-17,20,28H,5-11,18-19H2,1-4H3,(H,34,45)(H2,36,37,46)(H2,33,35,38,39,40)/b42-41+. The Bertz CT molecular complexity index is 1680. The Morgan fingerprint density at radius 1 is 0.891 bits per heavy atom. The van der Waals surface area contributed by atoms with Gasteiger partial charge < -0.3 is 30.8 Å². The number of nitrogens with zero attached hydrogens (tertiary/aromatic N) is 6. The van der Waals surface area contributed by atoms with Gasteiger partial charge in [0.25, 0.3) is 5.91 Å². The quantitative estimate of drug-likeness (QED) is 0.0550. The lowest BCUT2D eigenvalue weighted by atomic mass is 10.2. The molecular weight excluding hydrogens is 586 g/mol. The summed E-state index contributed by atoms with van der Waals surface area (Å²) in [4.78, 5) is 58.1. The molecule has 2 heterocycles. The summed E-state index contributed by atoms with van der Waals surface area (Å²) in [6, 6.07) is 10.5. The average Bonchev–Trinajstić information content (AvgIpc) is 3.41. The number of imidazole rings is 1. The molecular formula is C32H43N11O3. The average molecular weight is 630 g/mol. The van der Waals surface area contributed by atoms with Crippen molar-refractivity contribution in [1.82, 2.24) is 29.8 Å². The van der Waals surface area contributed by atoms with Gasteiger partial charge in [0.2, 0.25) is 17.9 Å². The number of benzene rings is 2. The molecule has 244 valence electrons. The van der Waals surface area contributed by atoms with Crippen molar-refractivity contribution in [2.45, 2.75) is 65.8 Å². The van der Waals surface area contributed by atoms with E-state index in [0.29, 0.717) is 34.3 Å². The maximum absolute atomic E-state index is 12.9. The smallest absolute Gasteiger partial charge is 0.323 e. The lowest BCUT2D eigenvalue weighted by Gasteiger charge is -2.17. The maximum Gasteiger partial charge on any atom is 0.323 e. The van der Waals surface area contributed by atoms with E-state index in [1.165, 1.54) is 6.92 Å². The molecule has 46 heavy (non-hydrogen) atoms. The number of carbonyl (C=O) groups excluding carboxylic acids is 2. The normalized spacial score (nSPS) is 12.1. The molecule has 5 N–H and O–H groups in total. The Morgan fingerprint density at radius 3 is 2.33 bits per heavy atom. The predicted molar refractivity (Wildman–Crippen MR) is 180 cm³/mol. The number of hydrogen-bond donors (Lipinski definition) is 5. The molecule has 1 atom stereocenters. The van der Waals surface area contributed by atoms with E-state index in [2.05, 4.69) is 76.8 Å². The van der Waals surface area contributed by atoms with Crippen LogP contribution >= 0.6 is 0 Å². The number of ketones is 1. The third-order valence-corrected chi connectivity index (χ3v) is 7.34. The number of azo groups is 1. The Balaban J connectivity index is 1.40. The van der Waals surface area contributed by atoms with Gasteiger partial charge in [0, 0.05) is 24.3 Å². The minimum atomic E-state index is -1.34. The van der Waals surface area contributed by atoms with Gasteiger partial charge in [0.05, 0.1) is 16.7 Å². The molecule has 1 amide bonds. The summed E-state index contributed by atoms with van der Waals surface area (Å²) in [5.74, 6) is 0.630. The summed E-state index contributed by atoms with van der Waals surface area (Å²) in [6.45, 7) is 11.7. The molecule has 0 radical (unpaired) electrons. The first-order valence-electron chi connectivity index (χ1n) is 15.8. The highest BCUT2D eigenvalue weighted by Crippen LogP contribution is 2.21. The Morgan fingerprint density at radius 2 is 1.61 bits per heavy atom. The zero-order valence-electron chi connectivity index (χ0n) is 26.9. The van der Waals surface area contributed by atoms with Crippen LogP contribution in [0.5, 0.6) is 0 Å². The SMILES string of the molecule is CCCCNc1nc(CCCCN(CC)CC)nc(Nc2ccc(/N=N/C(C(C)=O)C(=O)Nc3ccc4[nH]c(=O)[nH]c4c3)cc2)n1. The Labute approximate surface area is 267 Å². The molecule has 0 spiro atoms. The van der Waals surface area contributed by atoms with Gasteiger partial charge >= 0.3 is 5.69 Å². The monoisotopic (exact) mass is 629 g/mol. The van der Waals surface area contributed by atoms with E-state index in [-0.39, 0.29) is 5.69 Å². The zero-order valence-corrected chi connectivity index (χ0v) is 26.9. The van der Waals surface area contributed by atoms with Crippen LogP contribution < -0.4 is 21.6 Å². The molecule has 1 unspecified atom stereocenters. The Kier molecular flexibility index (Phi) is 12.5. The number of nitrogens with one attached hydrogen (secondary N) is 5. The van der Waals surface area contributed by atoms with E-state index in [0.717, 1.165) is 69.8 Å². The van der Waals surface area contributed by atoms with Crippen LogP contribution in [0.2, 0.25) is 0 Å². The number of aromatic amines is 2. The van der Waals surface area contributed by atoms with Gasteiger partial charge in [-0.25, -0.2) is 4.79 Å². The summed E-state index contributed by atoms with van der Waals surface area (Å²) in [6.07, 6.45) is 4.89. The van der Waals surface area contributed by atoms with Gasteiger partial charge in [0.15, 0.2) is 5.78 Å². The number of hydrogen-bond acceptors (Lipinski definition) is 11. The summed E-state index contributed by atoms with van der Waals surface area (Å²) in [7, 11) is 0. The number of amides is 1. The highest BCUT2D eigenvalue weighted by atomic mass is 16.2. The first-order valence-corrected chi connectivity index (χ1v) is 15.8. The summed E-state index contributed by atoms with van der Waals surface area (Å²) in [5, 5.41) is 17.4. The van der Waals surface area contributed by atoms with Crippen LogP contribution in [0.25, 0.3) is 11.0 Å². The topological polar surface area (TPSA) is 186 Å². The molecule has 14 heteroatoms. The molecule has 2 aromatic heterocycles. The van der Waals surface area contributed by atoms with Gasteiger partial charge in [-0.3, -0.25) is 9.59 Å². The minimum absolute atomic E-state index is 0.353. The number of aromatic nitrogens is 5. The fourth-order valence-electron chi connectivity index (χ4n) is 4.71. The lowest BCUT2D eigenvalue weighted by molar-refractivity contribution is -0.126. The molecule has 4 aromatic rings. The van der Waals surface area contributed by atoms with Crippen molar-refractivity contribution >= 4 is 51.7 Å². The van der Waals surface area contributed by atoms with E-state index in [1.54, 1.807) is 42.5 Å². The molecule has 0 saturated carbocycles. The van der Waals surface area contributed by atoms with Crippen molar-refractivity contribution in [3.8, 4) is 0 Å². The van der Waals surface area contributed by atoms with Gasteiger partial charge in [-0.2, -0.15) is 25.2 Å². The van der Waals surface area contributed by atoms with Crippen molar-refractivity contribution in [2.75, 3.05) is 42.1 Å². The largest absolute Gasteiger partial charge is 0.354 e. The first kappa shape index (κ1) is 33.9. The minimum Gasteiger partial charge on any atom is -0.354 e. The van der Waals surface area contributed by atoms with E-state index in [9.17, 15) is 14.4 Å². The van der Waals surface area contributed by atoms with Crippen LogP contribution in [0.3, 0.4) is 0 Å². The van der Waals surface area contributed by atoms with Crippen LogP contribution in [0.15, 0.2) is 57.5 Å². The summed E-state index contributed by atoms with van der Waals surface area (Å²) < 4.78 is 0. The molecule has 0 aliphatic rings. The number of fused-ring (bicyclic) bond motifs is 1. The van der Waals surface area contributed by atoms with Gasteiger partial charge in [0.1, 0.15) is 5.82 Å². The molecule has 0 saturated heterocycles. The zero-order chi connectivity index (χ0) is 32.9. The number of unbranched alkanes of at least 4 members (excludes halogenated alkanes) is 2. The highest BCUT2D eigenvalue weighted by molar-refractivity contribution is 6.10. The number of rotatable bonds is 18. The van der Waals surface area contributed by atoms with Crippen molar-refractivity contribution in [2.24, 2.45) is 10.2 Å². The number of Topliss-reactive ketones (excluding diaryl/α,β-unsaturated/α-hetero) is 1. The van der Waals surface area contributed by atoms with Crippen LogP contribution in [-0.4, -0.2) is 73.7 Å². The van der Waals surface area contributed by atoms with Crippen molar-refractivity contribution in [3.63, 3.8) is 0 Å². The third-order valence-electron chi connectivity index (χ3n) is 7.34. The molecule has 4 rings (SSSR count). The molecule has 0 aliphatic heterocycles. The molecule has 0 aliphatic carbocycles. The van der Waals surface area contributed by atoms with E-state index < -0.39 is 17.7 Å². The van der Waals surface area contributed by atoms with E-state index >= 15 is 0 Å². The second-order valence-corrected chi connectivity index (χ2v) is 10.9. The molecule has 2 aromatic carbocycles. The third kappa shape index (κ3) is 10.0. The van der Waals surface area contributed by atoms with E-state index in [1.807, 2.05) is 0 Å². The summed E-state index contributed by atoms with van der Waals surface area (Å²) >= 11 is 0. The predicted octanol–water partition coefficient (Wildman–Crippen LogP) is 5.34. The number of anilines is 4. The highest BCUT2D eigenvalue weighted by Gasteiger charge is 2.23. The van der Waals surface area contributed by atoms with Crippen LogP contribution in [-0.2, 0) is 16.0 Å². The lowest BCUT2D eigenvalue weighted by Crippen LogP contribution is -2.31. The fourth-order valence-corrected chi connectivity index (χ4v) is 4.71. The van der Waals surface area contributed by atoms with Gasteiger partial charge in [-0.05, 0) is 88.3 Å². The fraction of sp³-hybridized carbons (Fsp3) is 0.438. The molecule has 0 fully saturated rings.